The highest BCUT2D eigenvalue weighted by molar-refractivity contribution is 8.20. The Balaban J connectivity index is 0.000000139. The topological polar surface area (TPSA) is 512 Å². The molecule has 6 saturated carbocycles. The summed E-state index contributed by atoms with van der Waals surface area (Å²) < 4.78 is 83.1. The molecule has 0 amide bonds. The Hall–Kier alpha value is 0.740. The molecule has 107 heavy (non-hydrogen) atoms. The van der Waals surface area contributed by atoms with E-state index in [1.54, 1.807) is 13.8 Å². The van der Waals surface area contributed by atoms with E-state index in [9.17, 15) is 81.7 Å². The van der Waals surface area contributed by atoms with E-state index >= 15 is 0 Å². The summed E-state index contributed by atoms with van der Waals surface area (Å²) in [5.41, 5.74) is 0.875. The molecule has 11 heterocycles. The fraction of sp³-hybridized carbons (Fsp3) is 1.00. The largest absolute Gasteiger partial charge is 0.391 e. The summed E-state index contributed by atoms with van der Waals surface area (Å²) in [5, 5.41) is 171. The van der Waals surface area contributed by atoms with Crippen LogP contribution in [0.4, 0.5) is 0 Å². The predicted octanol–water partition coefficient (Wildman–Crippen LogP) is -3.91. The second kappa shape index (κ2) is 44.5. The summed E-state index contributed by atoms with van der Waals surface area (Å²) in [6.45, 7) is 14.4. The zero-order valence-electron chi connectivity index (χ0n) is 60.5. The first-order valence-corrected chi connectivity index (χ1v) is 43.2. The van der Waals surface area contributed by atoms with Crippen LogP contribution in [0.2, 0.25) is 0 Å². The van der Waals surface area contributed by atoms with Crippen molar-refractivity contribution < 1.29 is 168 Å². The van der Waals surface area contributed by atoms with Gasteiger partial charge in [-0.25, -0.2) is 0 Å². The lowest BCUT2D eigenvalue weighted by Crippen LogP contribution is -2.62. The molecule has 40 heteroatoms. The van der Waals surface area contributed by atoms with E-state index in [1.165, 1.54) is 84.0 Å². The number of aliphatic hydroxyl groups excluding tert-OH is 18. The highest BCUT2D eigenvalue weighted by Gasteiger charge is 2.56. The van der Waals surface area contributed by atoms with Gasteiger partial charge in [0.1, 0.15) is 145 Å². The zero-order chi connectivity index (χ0) is 77.1. The molecule has 11 aliphatic heterocycles. The zero-order valence-corrected chi connectivity index (χ0v) is 65.4. The van der Waals surface area contributed by atoms with Gasteiger partial charge < -0.3 is 168 Å². The van der Waals surface area contributed by atoms with Crippen LogP contribution in [0.1, 0.15) is 65.2 Å². The SMILES string of the molecule is C1CCC2(CC1)COCOC2.C1OCC2(CO1)COCOC2.C1OCC2(CO1)COCSC2.C1OCC2(CO1)CSCSC2.CC(O)C1OCOC1C(C)O.OC1C(O)C(O)C2CCCC2C1O.OC1C(O)C(O)C2OCOC2C1O.OC1C(O)C(O)C2SCOC2C1O.OC1C(O)C(O)C2SCSC2C1O. The number of hydrogen-bond donors (Lipinski definition) is 18. The third-order valence-electron chi connectivity index (χ3n) is 21.8. The van der Waals surface area contributed by atoms with Gasteiger partial charge in [0.05, 0.1) is 138 Å². The van der Waals surface area contributed by atoms with Crippen molar-refractivity contribution in [3.05, 3.63) is 0 Å². The summed E-state index contributed by atoms with van der Waals surface area (Å²) in [6.07, 6.45) is -13.0. The monoisotopic (exact) mass is 1660 g/mol. The highest BCUT2D eigenvalue weighted by atomic mass is 32.2. The first-order valence-electron chi connectivity index (χ1n) is 36.6. The average Bonchev–Trinajstić information content (AvgIpc) is 1.60. The van der Waals surface area contributed by atoms with Crippen molar-refractivity contribution in [2.75, 3.05) is 160 Å². The summed E-state index contributed by atoms with van der Waals surface area (Å²) in [7, 11) is 0. The third kappa shape index (κ3) is 24.5. The minimum atomic E-state index is -1.39. The molecule has 0 bridgehead atoms. The number of rotatable bonds is 2. The van der Waals surface area contributed by atoms with Gasteiger partial charge in [-0.05, 0) is 51.4 Å². The second-order valence-corrected chi connectivity index (χ2v) is 37.5. The number of fused-ring (bicyclic) bond motifs is 4. The molecule has 0 aromatic heterocycles. The predicted molar refractivity (Wildman–Crippen MR) is 388 cm³/mol. The van der Waals surface area contributed by atoms with Crippen LogP contribution >= 0.6 is 70.6 Å². The average molecular weight is 1660 g/mol. The van der Waals surface area contributed by atoms with Gasteiger partial charge in [-0.15, -0.1) is 47.0 Å². The fourth-order valence-electron chi connectivity index (χ4n) is 15.7. The van der Waals surface area contributed by atoms with E-state index in [-0.39, 0.29) is 52.0 Å². The van der Waals surface area contributed by atoms with Crippen molar-refractivity contribution in [1.29, 1.82) is 0 Å². The van der Waals surface area contributed by atoms with Gasteiger partial charge in [0.25, 0.3) is 0 Å². The molecule has 34 nitrogen and oxygen atoms in total. The van der Waals surface area contributed by atoms with Gasteiger partial charge in [0.2, 0.25) is 0 Å². The van der Waals surface area contributed by atoms with E-state index in [4.69, 9.17) is 86.0 Å². The molecule has 0 aromatic rings. The second-order valence-electron chi connectivity index (χ2n) is 30.4. The molecular formula is C67H118O34S6. The Morgan fingerprint density at radius 3 is 1.04 bits per heavy atom. The van der Waals surface area contributed by atoms with Crippen LogP contribution < -0.4 is 0 Å². The van der Waals surface area contributed by atoms with Crippen LogP contribution in [0.25, 0.3) is 0 Å². The molecule has 11 saturated heterocycles. The highest BCUT2D eigenvalue weighted by Crippen LogP contribution is 2.47. The molecule has 0 radical (unpaired) electrons. The van der Waals surface area contributed by atoms with Gasteiger partial charge in [0.15, 0.2) is 0 Å². The smallest absolute Gasteiger partial charge is 0.148 e. The van der Waals surface area contributed by atoms with Gasteiger partial charge >= 0.3 is 0 Å². The maximum atomic E-state index is 9.61. The molecule has 0 aromatic carbocycles. The molecule has 17 rings (SSSR count). The van der Waals surface area contributed by atoms with Crippen LogP contribution in [0.5, 0.6) is 0 Å². The molecule has 4 spiro atoms. The summed E-state index contributed by atoms with van der Waals surface area (Å²) in [6, 6.07) is 0. The lowest BCUT2D eigenvalue weighted by molar-refractivity contribution is -0.245. The van der Waals surface area contributed by atoms with E-state index in [0.29, 0.717) is 77.2 Å². The Morgan fingerprint density at radius 2 is 0.626 bits per heavy atom. The molecular weight excluding hydrogens is 1540 g/mol. The molecule has 28 atom stereocenters. The lowest BCUT2D eigenvalue weighted by atomic mass is 9.74. The van der Waals surface area contributed by atoms with Gasteiger partial charge in [-0.3, -0.25) is 0 Å². The standard InChI is InChI=1S/C9H16O4.C9H16O2.C7H12O6.C7H12O5S.C7H12O4S2.C7H12O4.C7H14O4.C7H12O3S.C7H12O2S2/c10-6-4-2-1-3-5(4)7(11)9(13)8(6)12;1-2-4-9(5-3-1)6-10-8-11-7-9;3*8-2-3(9)5(11)7-6(4(2)10)12-1-13-7;1-7(2-9-5-8-1)3-10-6-11-4-7;1-4(8)6-7(5(2)9)11-3-10-6;2*1-7(2-9-5-8-1)3-10-6-11-4-7/h4-13H,1-3H2;1-8H2;3*2-11H,1H2;1-6H2;4-9H,3H2,1-2H3;2*1-6H2. The van der Waals surface area contributed by atoms with Crippen molar-refractivity contribution >= 4 is 70.6 Å². The van der Waals surface area contributed by atoms with Crippen LogP contribution in [0, 0.1) is 33.5 Å². The van der Waals surface area contributed by atoms with E-state index in [0.717, 1.165) is 82.3 Å². The Morgan fingerprint density at radius 1 is 0.280 bits per heavy atom. The van der Waals surface area contributed by atoms with E-state index in [1.807, 2.05) is 35.3 Å². The van der Waals surface area contributed by atoms with Crippen LogP contribution in [-0.4, -0.2) is 408 Å². The molecule has 6 aliphatic carbocycles. The minimum absolute atomic E-state index is 0.0312. The third-order valence-corrected chi connectivity index (χ3v) is 30.3. The maximum absolute atomic E-state index is 9.61. The summed E-state index contributed by atoms with van der Waals surface area (Å²) in [4.78, 5) is 0. The molecule has 626 valence electrons. The van der Waals surface area contributed by atoms with Crippen molar-refractivity contribution in [2.24, 2.45) is 33.5 Å². The number of hydrogen-bond acceptors (Lipinski definition) is 40. The summed E-state index contributed by atoms with van der Waals surface area (Å²) >= 11 is 10.2. The molecule has 28 unspecified atom stereocenters. The molecule has 18 N–H and O–H groups in total. The quantitative estimate of drug-likeness (QED) is 0.126. The number of aliphatic hydroxyl groups is 18. The van der Waals surface area contributed by atoms with Crippen molar-refractivity contribution in [1.82, 2.24) is 0 Å². The number of thioether (sulfide) groups is 6. The van der Waals surface area contributed by atoms with Gasteiger partial charge in [-0.1, -0.05) is 25.7 Å². The van der Waals surface area contributed by atoms with Gasteiger partial charge in [-0.2, -0.15) is 23.5 Å². The van der Waals surface area contributed by atoms with E-state index < -0.39 is 140 Å². The molecule has 17 fully saturated rings. The van der Waals surface area contributed by atoms with Crippen molar-refractivity contribution in [3.8, 4) is 0 Å². The first-order chi connectivity index (χ1) is 51.3. The van der Waals surface area contributed by atoms with E-state index in [2.05, 4.69) is 0 Å². The van der Waals surface area contributed by atoms with Gasteiger partial charge in [0, 0.05) is 54.2 Å². The Kier molecular flexibility index (Phi) is 38.1. The van der Waals surface area contributed by atoms with Crippen LogP contribution in [0.15, 0.2) is 0 Å². The Bertz CT molecular complexity index is 1990. The number of ether oxygens (including phenoxy) is 16. The maximum Gasteiger partial charge on any atom is 0.148 e. The summed E-state index contributed by atoms with van der Waals surface area (Å²) in [5.74, 6) is 4.65. The minimum Gasteiger partial charge on any atom is -0.391 e. The molecule has 17 aliphatic rings. The van der Waals surface area contributed by atoms with Crippen molar-refractivity contribution in [3.63, 3.8) is 0 Å². The fourth-order valence-corrected chi connectivity index (χ4v) is 24.0. The first kappa shape index (κ1) is 91.6. The lowest BCUT2D eigenvalue weighted by Gasteiger charge is -2.41. The van der Waals surface area contributed by atoms with Crippen LogP contribution in [0.3, 0.4) is 0 Å². The van der Waals surface area contributed by atoms with Crippen molar-refractivity contribution in [2.45, 2.75) is 221 Å². The Labute approximate surface area is 649 Å². The van der Waals surface area contributed by atoms with Crippen LogP contribution in [-0.2, 0) is 75.8 Å². The normalized spacial score (nSPS) is 43.7.